The molecule has 2 nitrogen and oxygen atoms in total. The van der Waals surface area contributed by atoms with Crippen LogP contribution in [-0.2, 0) is 6.42 Å². The van der Waals surface area contributed by atoms with Gasteiger partial charge < -0.3 is 5.32 Å². The monoisotopic (exact) mass is 268 g/mol. The van der Waals surface area contributed by atoms with Crippen LogP contribution in [0.25, 0.3) is 0 Å². The van der Waals surface area contributed by atoms with Gasteiger partial charge in [0.2, 0.25) is 0 Å². The molecule has 0 aliphatic heterocycles. The van der Waals surface area contributed by atoms with Gasteiger partial charge in [-0.3, -0.25) is 4.98 Å². The smallest absolute Gasteiger partial charge is 0.0270 e. The Labute approximate surface area is 122 Å². The normalized spacial score (nSPS) is 13.9. The third-order valence-electron chi connectivity index (χ3n) is 3.79. The van der Waals surface area contributed by atoms with E-state index >= 15 is 0 Å². The highest BCUT2D eigenvalue weighted by atomic mass is 14.9. The van der Waals surface area contributed by atoms with Gasteiger partial charge in [-0.2, -0.15) is 0 Å². The van der Waals surface area contributed by atoms with Crippen LogP contribution in [0.15, 0.2) is 54.9 Å². The molecular formula is C18H24N2. The molecule has 1 aromatic carbocycles. The van der Waals surface area contributed by atoms with Gasteiger partial charge in [0.25, 0.3) is 0 Å². The summed E-state index contributed by atoms with van der Waals surface area (Å²) in [5.74, 6) is 0.496. The molecule has 0 saturated heterocycles. The third kappa shape index (κ3) is 4.17. The zero-order valence-corrected chi connectivity index (χ0v) is 12.4. The maximum absolute atomic E-state index is 4.10. The molecule has 1 heterocycles. The van der Waals surface area contributed by atoms with E-state index in [1.54, 1.807) is 0 Å². The highest BCUT2D eigenvalue weighted by molar-refractivity contribution is 5.22. The minimum atomic E-state index is 0.458. The summed E-state index contributed by atoms with van der Waals surface area (Å²) in [5.41, 5.74) is 2.74. The second kappa shape index (κ2) is 7.81. The zero-order chi connectivity index (χ0) is 14.2. The van der Waals surface area contributed by atoms with Crippen molar-refractivity contribution in [2.24, 2.45) is 0 Å². The van der Waals surface area contributed by atoms with Crippen LogP contribution in [0.1, 0.15) is 37.3 Å². The Bertz CT molecular complexity index is 481. The number of hydrogen-bond donors (Lipinski definition) is 1. The summed E-state index contributed by atoms with van der Waals surface area (Å²) in [6.07, 6.45) is 5.95. The molecule has 2 heteroatoms. The summed E-state index contributed by atoms with van der Waals surface area (Å²) in [4.78, 5) is 4.10. The van der Waals surface area contributed by atoms with Gasteiger partial charge in [-0.05, 0) is 48.6 Å². The molecule has 1 N–H and O–H groups in total. The molecule has 20 heavy (non-hydrogen) atoms. The molecule has 2 unspecified atom stereocenters. The Balaban J connectivity index is 2.10. The largest absolute Gasteiger partial charge is 0.313 e. The topological polar surface area (TPSA) is 24.9 Å². The van der Waals surface area contributed by atoms with Crippen molar-refractivity contribution in [1.29, 1.82) is 0 Å². The van der Waals surface area contributed by atoms with Crippen molar-refractivity contribution >= 4 is 0 Å². The first-order chi connectivity index (χ1) is 9.81. The van der Waals surface area contributed by atoms with E-state index in [0.29, 0.717) is 12.0 Å². The molecule has 106 valence electrons. The Morgan fingerprint density at radius 3 is 2.40 bits per heavy atom. The molecule has 0 aliphatic carbocycles. The molecule has 1 aromatic heterocycles. The lowest BCUT2D eigenvalue weighted by molar-refractivity contribution is 0.447. The molecule has 0 amide bonds. The summed E-state index contributed by atoms with van der Waals surface area (Å²) in [6, 6.07) is 15.4. The van der Waals surface area contributed by atoms with Crippen LogP contribution in [0.5, 0.6) is 0 Å². The van der Waals surface area contributed by atoms with E-state index < -0.39 is 0 Å². The maximum atomic E-state index is 4.10. The van der Waals surface area contributed by atoms with Gasteiger partial charge >= 0.3 is 0 Å². The van der Waals surface area contributed by atoms with E-state index in [9.17, 15) is 0 Å². The summed E-state index contributed by atoms with van der Waals surface area (Å²) in [5, 5.41) is 3.70. The van der Waals surface area contributed by atoms with Crippen molar-refractivity contribution in [3.63, 3.8) is 0 Å². The molecule has 0 bridgehead atoms. The lowest BCUT2D eigenvalue weighted by atomic mass is 9.89. The van der Waals surface area contributed by atoms with Gasteiger partial charge in [-0.15, -0.1) is 0 Å². The summed E-state index contributed by atoms with van der Waals surface area (Å²) < 4.78 is 0. The fourth-order valence-electron chi connectivity index (χ4n) is 2.52. The van der Waals surface area contributed by atoms with Crippen molar-refractivity contribution < 1.29 is 0 Å². The molecule has 2 aromatic rings. The summed E-state index contributed by atoms with van der Waals surface area (Å²) in [7, 11) is 0. The SMILES string of the molecule is CCCNC(Cc1ccncc1)C(C)c1ccccc1. The number of nitrogens with one attached hydrogen (secondary N) is 1. The lowest BCUT2D eigenvalue weighted by Crippen LogP contribution is -2.36. The molecule has 0 fully saturated rings. The van der Waals surface area contributed by atoms with Gasteiger partial charge in [0.15, 0.2) is 0 Å². The van der Waals surface area contributed by atoms with Crippen LogP contribution in [0, 0.1) is 0 Å². The second-order valence-corrected chi connectivity index (χ2v) is 5.32. The minimum absolute atomic E-state index is 0.458. The van der Waals surface area contributed by atoms with E-state index in [4.69, 9.17) is 0 Å². The first-order valence-corrected chi connectivity index (χ1v) is 7.48. The molecular weight excluding hydrogens is 244 g/mol. The van der Waals surface area contributed by atoms with E-state index in [-0.39, 0.29) is 0 Å². The number of nitrogens with zero attached hydrogens (tertiary/aromatic N) is 1. The van der Waals surface area contributed by atoms with E-state index in [1.165, 1.54) is 11.1 Å². The molecule has 0 saturated carbocycles. The molecule has 0 radical (unpaired) electrons. The number of pyridine rings is 1. The maximum Gasteiger partial charge on any atom is 0.0270 e. The highest BCUT2D eigenvalue weighted by Gasteiger charge is 2.18. The van der Waals surface area contributed by atoms with E-state index in [0.717, 1.165) is 19.4 Å². The highest BCUT2D eigenvalue weighted by Crippen LogP contribution is 2.21. The minimum Gasteiger partial charge on any atom is -0.313 e. The fourth-order valence-corrected chi connectivity index (χ4v) is 2.52. The quantitative estimate of drug-likeness (QED) is 0.826. The van der Waals surface area contributed by atoms with Gasteiger partial charge in [-0.1, -0.05) is 44.2 Å². The van der Waals surface area contributed by atoms with Crippen molar-refractivity contribution in [2.45, 2.75) is 38.6 Å². The Morgan fingerprint density at radius 2 is 1.75 bits per heavy atom. The van der Waals surface area contributed by atoms with Crippen LogP contribution in [0.4, 0.5) is 0 Å². The summed E-state index contributed by atoms with van der Waals surface area (Å²) in [6.45, 7) is 5.58. The molecule has 0 spiro atoms. The van der Waals surface area contributed by atoms with Crippen LogP contribution in [0.2, 0.25) is 0 Å². The van der Waals surface area contributed by atoms with Gasteiger partial charge in [0.05, 0.1) is 0 Å². The average Bonchev–Trinajstić information content (AvgIpc) is 2.52. The van der Waals surface area contributed by atoms with Crippen molar-refractivity contribution in [3.8, 4) is 0 Å². The fraction of sp³-hybridized carbons (Fsp3) is 0.389. The number of hydrogen-bond acceptors (Lipinski definition) is 2. The number of aromatic nitrogens is 1. The van der Waals surface area contributed by atoms with Crippen molar-refractivity contribution in [2.75, 3.05) is 6.54 Å². The van der Waals surface area contributed by atoms with E-state index in [2.05, 4.69) is 66.6 Å². The third-order valence-corrected chi connectivity index (χ3v) is 3.79. The Kier molecular flexibility index (Phi) is 5.75. The first-order valence-electron chi connectivity index (χ1n) is 7.48. The lowest BCUT2D eigenvalue weighted by Gasteiger charge is -2.26. The van der Waals surface area contributed by atoms with E-state index in [1.807, 2.05) is 12.4 Å². The number of rotatable bonds is 7. The average molecular weight is 268 g/mol. The van der Waals surface area contributed by atoms with Crippen molar-refractivity contribution in [1.82, 2.24) is 10.3 Å². The molecule has 2 rings (SSSR count). The first kappa shape index (κ1) is 14.7. The summed E-state index contributed by atoms with van der Waals surface area (Å²) >= 11 is 0. The van der Waals surface area contributed by atoms with Gasteiger partial charge in [0.1, 0.15) is 0 Å². The second-order valence-electron chi connectivity index (χ2n) is 5.32. The Hall–Kier alpha value is -1.67. The van der Waals surface area contributed by atoms with Gasteiger partial charge in [-0.25, -0.2) is 0 Å². The number of benzene rings is 1. The predicted molar refractivity (Wildman–Crippen MR) is 84.9 cm³/mol. The predicted octanol–water partition coefficient (Wildman–Crippen LogP) is 3.80. The van der Waals surface area contributed by atoms with Crippen LogP contribution in [0.3, 0.4) is 0 Å². The van der Waals surface area contributed by atoms with Crippen LogP contribution in [-0.4, -0.2) is 17.6 Å². The molecule has 0 aliphatic rings. The van der Waals surface area contributed by atoms with Gasteiger partial charge in [0, 0.05) is 18.4 Å². The molecule has 2 atom stereocenters. The standard InChI is InChI=1S/C18H24N2/c1-3-11-20-18(14-16-9-12-19-13-10-16)15(2)17-7-5-4-6-8-17/h4-10,12-13,15,18,20H,3,11,14H2,1-2H3. The van der Waals surface area contributed by atoms with Crippen LogP contribution < -0.4 is 5.32 Å². The zero-order valence-electron chi connectivity index (χ0n) is 12.4. The van der Waals surface area contributed by atoms with Crippen LogP contribution >= 0.6 is 0 Å². The Morgan fingerprint density at radius 1 is 1.05 bits per heavy atom. The van der Waals surface area contributed by atoms with Crippen molar-refractivity contribution in [3.05, 3.63) is 66.0 Å².